The second-order valence-corrected chi connectivity index (χ2v) is 6.59. The van der Waals surface area contributed by atoms with E-state index in [0.29, 0.717) is 12.6 Å². The van der Waals surface area contributed by atoms with Gasteiger partial charge in [-0.05, 0) is 39.7 Å². The first-order chi connectivity index (χ1) is 10.1. The van der Waals surface area contributed by atoms with E-state index in [9.17, 15) is 4.79 Å². The van der Waals surface area contributed by atoms with Crippen LogP contribution in [0.5, 0.6) is 0 Å². The van der Waals surface area contributed by atoms with Crippen LogP contribution >= 0.6 is 0 Å². The molecule has 0 radical (unpaired) electrons. The quantitative estimate of drug-likeness (QED) is 0.680. The van der Waals surface area contributed by atoms with Gasteiger partial charge in [0.05, 0.1) is 6.61 Å². The van der Waals surface area contributed by atoms with Crippen molar-refractivity contribution in [2.24, 2.45) is 0 Å². The summed E-state index contributed by atoms with van der Waals surface area (Å²) in [5, 5.41) is 3.51. The van der Waals surface area contributed by atoms with E-state index >= 15 is 0 Å². The number of nitrogens with one attached hydrogen (secondary N) is 1. The number of hydrogen-bond acceptors (Lipinski definition) is 5. The van der Waals surface area contributed by atoms with Crippen LogP contribution in [0.1, 0.15) is 40.0 Å². The van der Waals surface area contributed by atoms with Crippen molar-refractivity contribution in [3.63, 3.8) is 0 Å². The Morgan fingerprint density at radius 2 is 1.81 bits per heavy atom. The molecule has 0 aromatic heterocycles. The van der Waals surface area contributed by atoms with E-state index in [2.05, 4.69) is 22.0 Å². The summed E-state index contributed by atoms with van der Waals surface area (Å²) in [6.45, 7) is 12.8. The minimum Gasteiger partial charge on any atom is -0.465 e. The first-order valence-electron chi connectivity index (χ1n) is 8.47. The van der Waals surface area contributed by atoms with Crippen molar-refractivity contribution in [2.45, 2.75) is 51.6 Å². The number of piperazine rings is 1. The van der Waals surface area contributed by atoms with E-state index in [0.717, 1.165) is 32.7 Å². The third-order valence-corrected chi connectivity index (χ3v) is 4.37. The summed E-state index contributed by atoms with van der Waals surface area (Å²) < 4.78 is 5.30. The Hall–Kier alpha value is -0.650. The number of nitrogens with zero attached hydrogens (tertiary/aromatic N) is 2. The largest absolute Gasteiger partial charge is 0.465 e. The van der Waals surface area contributed by atoms with Crippen LogP contribution in [0.2, 0.25) is 0 Å². The molecule has 0 amide bonds. The van der Waals surface area contributed by atoms with Crippen molar-refractivity contribution in [1.29, 1.82) is 0 Å². The normalized spacial score (nSPS) is 23.8. The highest BCUT2D eigenvalue weighted by Gasteiger charge is 2.41. The van der Waals surface area contributed by atoms with Crippen LogP contribution in [0.3, 0.4) is 0 Å². The van der Waals surface area contributed by atoms with Crippen molar-refractivity contribution in [2.75, 3.05) is 45.9 Å². The first-order valence-corrected chi connectivity index (χ1v) is 8.47. The fourth-order valence-electron chi connectivity index (χ4n) is 3.07. The van der Waals surface area contributed by atoms with Gasteiger partial charge in [0.25, 0.3) is 0 Å². The summed E-state index contributed by atoms with van der Waals surface area (Å²) in [5.41, 5.74) is -0.565. The number of carbonyl (C=O) groups is 1. The van der Waals surface area contributed by atoms with Gasteiger partial charge in [-0.25, -0.2) is 0 Å². The van der Waals surface area contributed by atoms with Crippen LogP contribution in [-0.4, -0.2) is 73.2 Å². The van der Waals surface area contributed by atoms with Crippen LogP contribution < -0.4 is 5.32 Å². The Morgan fingerprint density at radius 3 is 2.33 bits per heavy atom. The van der Waals surface area contributed by atoms with Crippen molar-refractivity contribution in [3.05, 3.63) is 0 Å². The van der Waals surface area contributed by atoms with Gasteiger partial charge in [-0.15, -0.1) is 0 Å². The second-order valence-electron chi connectivity index (χ2n) is 6.59. The summed E-state index contributed by atoms with van der Waals surface area (Å²) in [5.74, 6) is -0.104. The van der Waals surface area contributed by atoms with Gasteiger partial charge in [-0.2, -0.15) is 0 Å². The zero-order valence-electron chi connectivity index (χ0n) is 13.9. The molecule has 2 fully saturated rings. The lowest BCUT2D eigenvalue weighted by Gasteiger charge is -2.39. The average Bonchev–Trinajstić information content (AvgIpc) is 3.25. The number of esters is 1. The average molecular weight is 297 g/mol. The smallest absolute Gasteiger partial charge is 0.327 e. The molecule has 2 rings (SSSR count). The van der Waals surface area contributed by atoms with Crippen molar-refractivity contribution >= 4 is 5.97 Å². The van der Waals surface area contributed by atoms with E-state index in [1.807, 2.05) is 13.8 Å². The third-order valence-electron chi connectivity index (χ3n) is 4.37. The van der Waals surface area contributed by atoms with Crippen molar-refractivity contribution in [3.8, 4) is 0 Å². The molecule has 1 atom stereocenters. The molecule has 21 heavy (non-hydrogen) atoms. The fraction of sp³-hybridized carbons (Fsp3) is 0.938. The zero-order valence-corrected chi connectivity index (χ0v) is 13.9. The number of ether oxygens (including phenoxy) is 1. The van der Waals surface area contributed by atoms with Gasteiger partial charge in [-0.1, -0.05) is 6.92 Å². The molecule has 0 aromatic carbocycles. The van der Waals surface area contributed by atoms with Gasteiger partial charge >= 0.3 is 5.97 Å². The predicted octanol–water partition coefficient (Wildman–Crippen LogP) is 1.09. The molecule has 1 N–H and O–H groups in total. The van der Waals surface area contributed by atoms with Crippen molar-refractivity contribution < 1.29 is 9.53 Å². The molecule has 1 saturated heterocycles. The first kappa shape index (κ1) is 16.7. The fourth-order valence-corrected chi connectivity index (χ4v) is 3.07. The molecule has 1 saturated carbocycles. The molecule has 1 heterocycles. The Bertz CT molecular complexity index is 338. The molecule has 1 aliphatic carbocycles. The molecule has 5 nitrogen and oxygen atoms in total. The molecular formula is C16H31N3O2. The molecular weight excluding hydrogens is 266 g/mol. The van der Waals surface area contributed by atoms with Crippen LogP contribution in [0.4, 0.5) is 0 Å². The summed E-state index contributed by atoms with van der Waals surface area (Å²) >= 11 is 0. The van der Waals surface area contributed by atoms with Crippen LogP contribution in [-0.2, 0) is 9.53 Å². The molecule has 0 spiro atoms. The SMILES string of the molecule is CCCN1CCN(CC(C)(NC2CC2)C(=O)OCC)CC1. The summed E-state index contributed by atoms with van der Waals surface area (Å²) in [6, 6.07) is 0.501. The van der Waals surface area contributed by atoms with E-state index in [4.69, 9.17) is 4.74 Å². The summed E-state index contributed by atoms with van der Waals surface area (Å²) in [4.78, 5) is 17.3. The lowest BCUT2D eigenvalue weighted by atomic mass is 10.0. The molecule has 0 bridgehead atoms. The molecule has 0 aromatic rings. The molecule has 1 unspecified atom stereocenters. The molecule has 5 heteroatoms. The topological polar surface area (TPSA) is 44.8 Å². The van der Waals surface area contributed by atoms with Gasteiger partial charge in [0.2, 0.25) is 0 Å². The minimum atomic E-state index is -0.565. The molecule has 122 valence electrons. The van der Waals surface area contributed by atoms with Gasteiger partial charge in [0.1, 0.15) is 5.54 Å². The highest BCUT2D eigenvalue weighted by Crippen LogP contribution is 2.24. The third kappa shape index (κ3) is 4.94. The van der Waals surface area contributed by atoms with Gasteiger partial charge in [0, 0.05) is 38.8 Å². The lowest BCUT2D eigenvalue weighted by molar-refractivity contribution is -0.151. The molecule has 2 aliphatic rings. The number of rotatable bonds is 8. The highest BCUT2D eigenvalue weighted by molar-refractivity contribution is 5.80. The maximum absolute atomic E-state index is 12.3. The Balaban J connectivity index is 1.88. The van der Waals surface area contributed by atoms with Gasteiger partial charge in [-0.3, -0.25) is 15.0 Å². The van der Waals surface area contributed by atoms with E-state index in [1.165, 1.54) is 25.8 Å². The van der Waals surface area contributed by atoms with E-state index in [-0.39, 0.29) is 5.97 Å². The van der Waals surface area contributed by atoms with Gasteiger partial charge in [0.15, 0.2) is 0 Å². The Morgan fingerprint density at radius 1 is 1.19 bits per heavy atom. The van der Waals surface area contributed by atoms with E-state index < -0.39 is 5.54 Å². The number of carbonyl (C=O) groups excluding carboxylic acids is 1. The maximum Gasteiger partial charge on any atom is 0.327 e. The predicted molar refractivity (Wildman–Crippen MR) is 84.4 cm³/mol. The Kier molecular flexibility index (Phi) is 6.02. The minimum absolute atomic E-state index is 0.104. The van der Waals surface area contributed by atoms with Crippen LogP contribution in [0.25, 0.3) is 0 Å². The number of hydrogen-bond donors (Lipinski definition) is 1. The van der Waals surface area contributed by atoms with Crippen LogP contribution in [0.15, 0.2) is 0 Å². The highest BCUT2D eigenvalue weighted by atomic mass is 16.5. The van der Waals surface area contributed by atoms with Crippen molar-refractivity contribution in [1.82, 2.24) is 15.1 Å². The van der Waals surface area contributed by atoms with E-state index in [1.54, 1.807) is 0 Å². The molecule has 1 aliphatic heterocycles. The second kappa shape index (κ2) is 7.56. The monoisotopic (exact) mass is 297 g/mol. The Labute approximate surface area is 129 Å². The van der Waals surface area contributed by atoms with Crippen LogP contribution in [0, 0.1) is 0 Å². The summed E-state index contributed by atoms with van der Waals surface area (Å²) in [6.07, 6.45) is 3.57. The zero-order chi connectivity index (χ0) is 15.3. The van der Waals surface area contributed by atoms with Gasteiger partial charge < -0.3 is 9.64 Å². The standard InChI is InChI=1S/C16H31N3O2/c1-4-8-18-9-11-19(12-10-18)13-16(3,15(20)21-5-2)17-14-6-7-14/h14,17H,4-13H2,1-3H3. The lowest BCUT2D eigenvalue weighted by Crippen LogP contribution is -2.60. The maximum atomic E-state index is 12.3. The summed E-state index contributed by atoms with van der Waals surface area (Å²) in [7, 11) is 0.